The van der Waals surface area contributed by atoms with Gasteiger partial charge in [0.2, 0.25) is 0 Å². The smallest absolute Gasteiger partial charge is 0.170 e. The molecule has 0 saturated heterocycles. The van der Waals surface area contributed by atoms with Gasteiger partial charge in [-0.25, -0.2) is 0 Å². The maximum Gasteiger partial charge on any atom is 0.170 e. The van der Waals surface area contributed by atoms with Crippen LogP contribution in [0.4, 0.5) is 11.4 Å². The summed E-state index contributed by atoms with van der Waals surface area (Å²) in [6.07, 6.45) is 0. The van der Waals surface area contributed by atoms with Crippen molar-refractivity contribution in [1.29, 1.82) is 0 Å². The predicted molar refractivity (Wildman–Crippen MR) is 117 cm³/mol. The van der Waals surface area contributed by atoms with E-state index in [9.17, 15) is 0 Å². The fourth-order valence-electron chi connectivity index (χ4n) is 3.97. The second-order valence-corrected chi connectivity index (χ2v) is 7.56. The van der Waals surface area contributed by atoms with Crippen LogP contribution >= 0.6 is 0 Å². The van der Waals surface area contributed by atoms with Crippen molar-refractivity contribution in [2.24, 2.45) is 0 Å². The minimum absolute atomic E-state index is 0.689. The quantitative estimate of drug-likeness (QED) is 0.314. The molecule has 4 heteroatoms. The minimum atomic E-state index is 0.689. The summed E-state index contributed by atoms with van der Waals surface area (Å²) in [6, 6.07) is 28.3. The van der Waals surface area contributed by atoms with Gasteiger partial charge in [-0.15, -0.1) is 0 Å². The van der Waals surface area contributed by atoms with Gasteiger partial charge in [0.15, 0.2) is 34.5 Å². The van der Waals surface area contributed by atoms with Gasteiger partial charge in [-0.2, -0.15) is 0 Å². The lowest BCUT2D eigenvalue weighted by Crippen LogP contribution is -2.20. The summed E-state index contributed by atoms with van der Waals surface area (Å²) >= 11 is 0. The van der Waals surface area contributed by atoms with Crippen LogP contribution in [0.25, 0.3) is 0 Å². The van der Waals surface area contributed by atoms with E-state index in [0.717, 1.165) is 57.0 Å². The van der Waals surface area contributed by atoms with Crippen molar-refractivity contribution in [3.8, 4) is 34.5 Å². The number of aryl methyl sites for hydroxylation is 1. The number of benzene rings is 4. The molecule has 30 heavy (non-hydrogen) atoms. The van der Waals surface area contributed by atoms with Crippen molar-refractivity contribution in [1.82, 2.24) is 0 Å². The van der Waals surface area contributed by atoms with Gasteiger partial charge in [-0.05, 0) is 66.6 Å². The predicted octanol–water partition coefficient (Wildman–Crippen LogP) is 7.34. The zero-order valence-electron chi connectivity index (χ0n) is 16.5. The van der Waals surface area contributed by atoms with Crippen LogP contribution < -0.4 is 19.1 Å². The van der Waals surface area contributed by atoms with Crippen LogP contribution in [0.2, 0.25) is 0 Å². The van der Waals surface area contributed by atoms with Crippen molar-refractivity contribution < 1.29 is 14.2 Å². The minimum Gasteiger partial charge on any atom is -0.453 e. The maximum absolute atomic E-state index is 6.13. The molecule has 0 spiro atoms. The molecule has 4 aromatic rings. The van der Waals surface area contributed by atoms with Crippen LogP contribution in [-0.2, 0) is 6.54 Å². The molecule has 6 rings (SSSR count). The molecule has 0 atom stereocenters. The largest absolute Gasteiger partial charge is 0.453 e. The van der Waals surface area contributed by atoms with E-state index in [1.54, 1.807) is 0 Å². The molecule has 2 aliphatic rings. The maximum atomic E-state index is 6.13. The van der Waals surface area contributed by atoms with E-state index < -0.39 is 0 Å². The Morgan fingerprint density at radius 2 is 1.13 bits per heavy atom. The Hall–Kier alpha value is -3.92. The molecule has 0 saturated carbocycles. The van der Waals surface area contributed by atoms with Gasteiger partial charge >= 0.3 is 0 Å². The highest BCUT2D eigenvalue weighted by Crippen LogP contribution is 2.48. The lowest BCUT2D eigenvalue weighted by atomic mass is 10.1. The second kappa shape index (κ2) is 6.56. The molecule has 2 aliphatic heterocycles. The summed E-state index contributed by atoms with van der Waals surface area (Å²) in [5, 5.41) is 0. The Bertz CT molecular complexity index is 1240. The first-order valence-electron chi connectivity index (χ1n) is 9.97. The molecule has 146 valence electrons. The molecule has 0 aromatic heterocycles. The standard InChI is InChI=1S/C26H19NO3/c1-17-10-12-23-25(14-17)29-24-13-11-18(15-26(24)30-23)16-27-19-6-2-4-8-21(19)28-22-9-5-3-7-20(22)27/h2-15H,16H2,1H3. The Morgan fingerprint density at radius 3 is 1.83 bits per heavy atom. The van der Waals surface area contributed by atoms with Crippen molar-refractivity contribution >= 4 is 11.4 Å². The van der Waals surface area contributed by atoms with E-state index >= 15 is 0 Å². The summed E-state index contributed by atoms with van der Waals surface area (Å²) in [6.45, 7) is 2.73. The average molecular weight is 393 g/mol. The van der Waals surface area contributed by atoms with Gasteiger partial charge in [0, 0.05) is 6.54 Å². The highest BCUT2D eigenvalue weighted by Gasteiger charge is 2.25. The summed E-state index contributed by atoms with van der Waals surface area (Å²) in [5.74, 6) is 4.69. The number of hydrogen-bond donors (Lipinski definition) is 0. The molecule has 4 nitrogen and oxygen atoms in total. The third-order valence-electron chi connectivity index (χ3n) is 5.42. The van der Waals surface area contributed by atoms with E-state index in [1.807, 2.05) is 67.6 Å². The first-order chi connectivity index (χ1) is 14.7. The third kappa shape index (κ3) is 2.77. The van der Waals surface area contributed by atoms with Gasteiger partial charge in [0.05, 0.1) is 11.4 Å². The molecule has 0 aliphatic carbocycles. The summed E-state index contributed by atoms with van der Waals surface area (Å²) in [7, 11) is 0. The normalized spacial score (nSPS) is 13.0. The molecule has 0 N–H and O–H groups in total. The van der Waals surface area contributed by atoms with Gasteiger partial charge < -0.3 is 19.1 Å². The van der Waals surface area contributed by atoms with Crippen molar-refractivity contribution in [2.45, 2.75) is 13.5 Å². The third-order valence-corrected chi connectivity index (χ3v) is 5.42. The van der Waals surface area contributed by atoms with Crippen LogP contribution in [0, 0.1) is 6.92 Å². The number of rotatable bonds is 2. The van der Waals surface area contributed by atoms with Crippen molar-refractivity contribution in [3.05, 3.63) is 96.1 Å². The van der Waals surface area contributed by atoms with Crippen molar-refractivity contribution in [2.75, 3.05) is 4.90 Å². The van der Waals surface area contributed by atoms with E-state index in [1.165, 1.54) is 0 Å². The summed E-state index contributed by atoms with van der Waals surface area (Å²) < 4.78 is 18.3. The Kier molecular flexibility index (Phi) is 3.71. The van der Waals surface area contributed by atoms with E-state index in [0.29, 0.717) is 6.54 Å². The van der Waals surface area contributed by atoms with Gasteiger partial charge in [-0.3, -0.25) is 0 Å². The van der Waals surface area contributed by atoms with Crippen molar-refractivity contribution in [3.63, 3.8) is 0 Å². The Morgan fingerprint density at radius 1 is 0.567 bits per heavy atom. The Labute approximate surface area is 174 Å². The molecule has 0 radical (unpaired) electrons. The highest BCUT2D eigenvalue weighted by atomic mass is 16.6. The van der Waals surface area contributed by atoms with E-state index in [-0.39, 0.29) is 0 Å². The molecule has 0 bridgehead atoms. The molecule has 0 amide bonds. The highest BCUT2D eigenvalue weighted by molar-refractivity contribution is 5.77. The Balaban J connectivity index is 1.36. The van der Waals surface area contributed by atoms with E-state index in [2.05, 4.69) is 29.2 Å². The molecule has 2 heterocycles. The van der Waals surface area contributed by atoms with Crippen LogP contribution in [0.1, 0.15) is 11.1 Å². The lowest BCUT2D eigenvalue weighted by Gasteiger charge is -2.33. The SMILES string of the molecule is Cc1ccc2c(c1)Oc1ccc(CN3c4ccccc4Oc4ccccc43)cc1O2. The monoisotopic (exact) mass is 393 g/mol. The number of fused-ring (bicyclic) bond motifs is 4. The zero-order valence-corrected chi connectivity index (χ0v) is 16.5. The molecule has 0 unspecified atom stereocenters. The van der Waals surface area contributed by atoms with Gasteiger partial charge in [0.25, 0.3) is 0 Å². The first kappa shape index (κ1) is 17.0. The molecular weight excluding hydrogens is 374 g/mol. The summed E-state index contributed by atoms with van der Waals surface area (Å²) in [5.41, 5.74) is 4.36. The van der Waals surface area contributed by atoms with Gasteiger partial charge in [-0.1, -0.05) is 36.4 Å². The fourth-order valence-corrected chi connectivity index (χ4v) is 3.97. The number of hydrogen-bond acceptors (Lipinski definition) is 4. The van der Waals surface area contributed by atoms with E-state index in [4.69, 9.17) is 14.2 Å². The molecule has 4 aromatic carbocycles. The van der Waals surface area contributed by atoms with Crippen LogP contribution in [0.15, 0.2) is 84.9 Å². The van der Waals surface area contributed by atoms with Crippen LogP contribution in [0.5, 0.6) is 34.5 Å². The van der Waals surface area contributed by atoms with Crippen LogP contribution in [0.3, 0.4) is 0 Å². The average Bonchev–Trinajstić information content (AvgIpc) is 2.77. The lowest BCUT2D eigenvalue weighted by molar-refractivity contribution is 0.359. The fraction of sp³-hybridized carbons (Fsp3) is 0.0769. The second-order valence-electron chi connectivity index (χ2n) is 7.56. The molecule has 0 fully saturated rings. The topological polar surface area (TPSA) is 30.9 Å². The zero-order chi connectivity index (χ0) is 20.1. The number of ether oxygens (including phenoxy) is 3. The van der Waals surface area contributed by atoms with Gasteiger partial charge in [0.1, 0.15) is 0 Å². The number of nitrogens with zero attached hydrogens (tertiary/aromatic N) is 1. The first-order valence-corrected chi connectivity index (χ1v) is 9.97. The number of anilines is 2. The number of para-hydroxylation sites is 4. The molecular formula is C26H19NO3. The van der Waals surface area contributed by atoms with Crippen LogP contribution in [-0.4, -0.2) is 0 Å². The summed E-state index contributed by atoms with van der Waals surface area (Å²) in [4.78, 5) is 2.27.